The second kappa shape index (κ2) is 10.9. The van der Waals surface area contributed by atoms with Crippen LogP contribution < -0.4 is 10.6 Å². The summed E-state index contributed by atoms with van der Waals surface area (Å²) < 4.78 is 0. The van der Waals surface area contributed by atoms with Crippen LogP contribution in [0, 0.1) is 0 Å². The summed E-state index contributed by atoms with van der Waals surface area (Å²) >= 11 is 0. The van der Waals surface area contributed by atoms with Gasteiger partial charge in [0.2, 0.25) is 0 Å². The predicted octanol–water partition coefficient (Wildman–Crippen LogP) is 0.836. The van der Waals surface area contributed by atoms with Crippen LogP contribution in [-0.4, -0.2) is 49.1 Å². The Morgan fingerprint density at radius 3 is 0.947 bits per heavy atom. The van der Waals surface area contributed by atoms with Crippen molar-refractivity contribution in [1.82, 2.24) is 0 Å². The average Bonchev–Trinajstić information content (AvgIpc) is 2.41. The van der Waals surface area contributed by atoms with Crippen molar-refractivity contribution in [3.8, 4) is 0 Å². The molecule has 97 valence electrons. The zero-order valence-electron chi connectivity index (χ0n) is 10.5. The molecule has 0 aliphatic carbocycles. The molecule has 2 aromatic carbocycles. The van der Waals surface area contributed by atoms with Crippen LogP contribution in [0.15, 0.2) is 60.7 Å². The Morgan fingerprint density at radius 2 is 0.789 bits per heavy atom. The summed E-state index contributed by atoms with van der Waals surface area (Å²) in [4.78, 5) is 34.6. The van der Waals surface area contributed by atoms with Crippen LogP contribution in [0.25, 0.3) is 0 Å². The maximum atomic E-state index is 8.64. The van der Waals surface area contributed by atoms with Gasteiger partial charge in [-0.2, -0.15) is 0 Å². The van der Waals surface area contributed by atoms with Gasteiger partial charge >= 0.3 is 0 Å². The maximum absolute atomic E-state index is 8.64. The van der Waals surface area contributed by atoms with E-state index < -0.39 is 16.8 Å². The summed E-state index contributed by atoms with van der Waals surface area (Å²) in [6, 6.07) is 17.5. The van der Waals surface area contributed by atoms with Crippen molar-refractivity contribution in [2.45, 2.75) is 0 Å². The molecule has 0 amide bonds. The molecule has 0 heterocycles. The third kappa shape index (κ3) is 8.11. The van der Waals surface area contributed by atoms with Crippen LogP contribution in [-0.2, 0) is 0 Å². The molecule has 0 atom stereocenters. The first-order valence-electron chi connectivity index (χ1n) is 5.07. The normalized spacial score (nSPS) is 9.58. The molecule has 7 heteroatoms. The molecule has 0 saturated carbocycles. The van der Waals surface area contributed by atoms with Gasteiger partial charge in [-0.15, -0.1) is 0 Å². The summed E-state index contributed by atoms with van der Waals surface area (Å²) in [5, 5.41) is 1.18. The summed E-state index contributed by atoms with van der Waals surface area (Å²) in [6.07, 6.45) is 0. The third-order valence-electron chi connectivity index (χ3n) is 1.97. The van der Waals surface area contributed by atoms with Gasteiger partial charge in [0.15, 0.2) is 16.8 Å². The Balaban J connectivity index is 0.000000324. The molecule has 0 aliphatic heterocycles. The van der Waals surface area contributed by atoms with Crippen molar-refractivity contribution in [3.63, 3.8) is 0 Å². The monoisotopic (exact) mass is 307 g/mol. The number of hydrogen-bond acceptors (Lipinski definition) is 4. The fourth-order valence-electron chi connectivity index (χ4n) is 1.12. The average molecular weight is 307 g/mol. The van der Waals surface area contributed by atoms with Crippen LogP contribution in [0.3, 0.4) is 0 Å². The van der Waals surface area contributed by atoms with E-state index >= 15 is 0 Å². The van der Waals surface area contributed by atoms with E-state index in [2.05, 4.69) is 0 Å². The Morgan fingerprint density at radius 1 is 0.526 bits per heavy atom. The van der Waals surface area contributed by atoms with Crippen molar-refractivity contribution in [1.29, 1.82) is 0 Å². The van der Waals surface area contributed by atoms with E-state index in [-0.39, 0.29) is 29.6 Å². The van der Waals surface area contributed by atoms with Gasteiger partial charge in [0.25, 0.3) is 0 Å². The molecule has 4 nitrogen and oxygen atoms in total. The molecular weight excluding hydrogens is 293 g/mol. The molecule has 4 N–H and O–H groups in total. The van der Waals surface area contributed by atoms with E-state index in [9.17, 15) is 0 Å². The Hall–Kier alpha value is 0.140. The smallest absolute Gasteiger partial charge is 0.199 e. The van der Waals surface area contributed by atoms with Crippen LogP contribution in [0.1, 0.15) is 0 Å². The first-order valence-corrected chi connectivity index (χ1v) is 7.56. The predicted molar refractivity (Wildman–Crippen MR) is 80.6 cm³/mol. The quantitative estimate of drug-likeness (QED) is 0.489. The first-order chi connectivity index (χ1) is 8.61. The van der Waals surface area contributed by atoms with Crippen molar-refractivity contribution in [2.24, 2.45) is 0 Å². The minimum Gasteiger partial charge on any atom is -0.347 e. The summed E-state index contributed by atoms with van der Waals surface area (Å²) in [6.45, 7) is 0. The molecule has 0 fully saturated rings. The molecule has 0 unspecified atom stereocenters. The van der Waals surface area contributed by atoms with E-state index in [0.29, 0.717) is 10.6 Å². The maximum Gasteiger partial charge on any atom is 0.199 e. The van der Waals surface area contributed by atoms with E-state index in [1.165, 1.54) is 0 Å². The van der Waals surface area contributed by atoms with Gasteiger partial charge < -0.3 is 19.6 Å². The summed E-state index contributed by atoms with van der Waals surface area (Å²) in [5.41, 5.74) is 0. The largest absolute Gasteiger partial charge is 0.347 e. The number of benzene rings is 2. The zero-order chi connectivity index (χ0) is 13.4. The number of hydrogen-bond donors (Lipinski definition) is 4. The van der Waals surface area contributed by atoms with Crippen molar-refractivity contribution in [2.75, 3.05) is 0 Å². The van der Waals surface area contributed by atoms with Crippen LogP contribution in [0.4, 0.5) is 0 Å². The van der Waals surface area contributed by atoms with Gasteiger partial charge in [-0.1, -0.05) is 36.4 Å². The fraction of sp³-hybridized carbons (Fsp3) is 0. The van der Waals surface area contributed by atoms with Crippen LogP contribution in [0.5, 0.6) is 0 Å². The van der Waals surface area contributed by atoms with Gasteiger partial charge in [0, 0.05) is 40.2 Å². The van der Waals surface area contributed by atoms with Crippen molar-refractivity contribution < 1.29 is 19.6 Å². The van der Waals surface area contributed by atoms with Gasteiger partial charge in [0.1, 0.15) is 0 Å². The minimum atomic E-state index is -1.90. The van der Waals surface area contributed by atoms with Crippen molar-refractivity contribution >= 4 is 56.9 Å². The summed E-state index contributed by atoms with van der Waals surface area (Å²) in [7, 11) is -3.79. The molecule has 2 aromatic rings. The van der Waals surface area contributed by atoms with E-state index in [1.807, 2.05) is 12.1 Å². The van der Waals surface area contributed by atoms with Gasteiger partial charge in [0.05, 0.1) is 0 Å². The number of rotatable bonds is 2. The molecule has 0 saturated heterocycles. The molecule has 0 bridgehead atoms. The molecule has 2 rings (SSSR count). The second-order valence-corrected chi connectivity index (χ2v) is 5.44. The standard InChI is InChI=1S/2C6H7O2P.Na/c2*7-9(8)6-4-2-1-3-5-6;/h2*1-5,7-8H;. The van der Waals surface area contributed by atoms with E-state index in [0.717, 1.165) is 0 Å². The molecular formula is C12H14NaO4P2. The van der Waals surface area contributed by atoms with Gasteiger partial charge in [-0.25, -0.2) is 0 Å². The first kappa shape index (κ1) is 19.1. The van der Waals surface area contributed by atoms with E-state index in [1.54, 1.807) is 48.5 Å². The fourth-order valence-corrected chi connectivity index (χ4v) is 2.00. The zero-order valence-corrected chi connectivity index (χ0v) is 14.2. The van der Waals surface area contributed by atoms with Gasteiger partial charge in [-0.3, -0.25) is 0 Å². The second-order valence-electron chi connectivity index (χ2n) is 3.25. The molecule has 0 spiro atoms. The third-order valence-corrected chi connectivity index (χ3v) is 3.49. The Kier molecular flexibility index (Phi) is 11.0. The SMILES string of the molecule is OP(O)c1ccccc1.OP(O)c1ccccc1.[Na]. The topological polar surface area (TPSA) is 80.9 Å². The van der Waals surface area contributed by atoms with Crippen LogP contribution >= 0.6 is 16.8 Å². The van der Waals surface area contributed by atoms with Gasteiger partial charge in [-0.05, 0) is 24.3 Å². The van der Waals surface area contributed by atoms with Crippen molar-refractivity contribution in [3.05, 3.63) is 60.7 Å². The summed E-state index contributed by atoms with van der Waals surface area (Å²) in [5.74, 6) is 0. The molecule has 19 heavy (non-hydrogen) atoms. The molecule has 1 radical (unpaired) electrons. The van der Waals surface area contributed by atoms with E-state index in [4.69, 9.17) is 19.6 Å². The van der Waals surface area contributed by atoms with Crippen LogP contribution in [0.2, 0.25) is 0 Å². The minimum absolute atomic E-state index is 0. The Bertz CT molecular complexity index is 396. The molecule has 0 aromatic heterocycles. The molecule has 0 aliphatic rings. The Labute approximate surface area is 136 Å².